The lowest BCUT2D eigenvalue weighted by molar-refractivity contribution is -0.117. The van der Waals surface area contributed by atoms with Gasteiger partial charge in [-0.15, -0.1) is 0 Å². The first-order valence-electron chi connectivity index (χ1n) is 6.98. The van der Waals surface area contributed by atoms with E-state index in [4.69, 9.17) is 10.5 Å². The number of ether oxygens (including phenoxy) is 1. The molecule has 21 heavy (non-hydrogen) atoms. The summed E-state index contributed by atoms with van der Waals surface area (Å²) in [6.45, 7) is 0. The van der Waals surface area contributed by atoms with Gasteiger partial charge < -0.3 is 15.8 Å². The van der Waals surface area contributed by atoms with E-state index in [9.17, 15) is 4.79 Å². The molecule has 1 aliphatic rings. The number of anilines is 2. The van der Waals surface area contributed by atoms with Crippen molar-refractivity contribution in [3.63, 3.8) is 0 Å². The van der Waals surface area contributed by atoms with E-state index in [1.807, 2.05) is 18.2 Å². The molecule has 4 nitrogen and oxygen atoms in total. The predicted octanol–water partition coefficient (Wildman–Crippen LogP) is 3.02. The number of carbonyl (C=O) groups excluding carboxylic acids is 1. The average Bonchev–Trinajstić information content (AvgIpc) is 3.31. The van der Waals surface area contributed by atoms with Gasteiger partial charge in [0, 0.05) is 12.0 Å². The first-order valence-corrected chi connectivity index (χ1v) is 6.98. The maximum Gasteiger partial charge on any atom is 0.228 e. The first kappa shape index (κ1) is 13.5. The van der Waals surface area contributed by atoms with Crippen LogP contribution in [0, 0.1) is 5.92 Å². The average molecular weight is 282 g/mol. The van der Waals surface area contributed by atoms with Gasteiger partial charge in [-0.3, -0.25) is 4.79 Å². The molecule has 1 aliphatic carbocycles. The lowest BCUT2D eigenvalue weighted by Gasteiger charge is -2.09. The zero-order valence-electron chi connectivity index (χ0n) is 11.9. The SMILES string of the molecule is COc1ccc(NC(=O)C2CC2c2ccccc2)c(N)c1. The molecular weight excluding hydrogens is 264 g/mol. The summed E-state index contributed by atoms with van der Waals surface area (Å²) in [5.74, 6) is 1.07. The number of benzene rings is 2. The zero-order chi connectivity index (χ0) is 14.8. The molecule has 0 bridgehead atoms. The molecule has 2 aromatic rings. The van der Waals surface area contributed by atoms with E-state index in [1.54, 1.807) is 25.3 Å². The molecule has 2 aromatic carbocycles. The van der Waals surface area contributed by atoms with Crippen molar-refractivity contribution in [3.05, 3.63) is 54.1 Å². The monoisotopic (exact) mass is 282 g/mol. The number of rotatable bonds is 4. The largest absolute Gasteiger partial charge is 0.497 e. The van der Waals surface area contributed by atoms with Crippen LogP contribution in [0.2, 0.25) is 0 Å². The summed E-state index contributed by atoms with van der Waals surface area (Å²) in [6, 6.07) is 15.4. The molecule has 0 spiro atoms. The topological polar surface area (TPSA) is 64.3 Å². The van der Waals surface area contributed by atoms with Gasteiger partial charge in [-0.25, -0.2) is 0 Å². The van der Waals surface area contributed by atoms with E-state index in [0.717, 1.165) is 6.42 Å². The van der Waals surface area contributed by atoms with Crippen molar-refractivity contribution in [1.29, 1.82) is 0 Å². The lowest BCUT2D eigenvalue weighted by Crippen LogP contribution is -2.15. The summed E-state index contributed by atoms with van der Waals surface area (Å²) < 4.78 is 5.10. The molecule has 0 radical (unpaired) electrons. The zero-order valence-corrected chi connectivity index (χ0v) is 11.9. The second kappa shape index (κ2) is 5.48. The minimum absolute atomic E-state index is 0.0284. The van der Waals surface area contributed by atoms with E-state index < -0.39 is 0 Å². The Bertz CT molecular complexity index is 655. The van der Waals surface area contributed by atoms with Crippen molar-refractivity contribution >= 4 is 17.3 Å². The number of nitrogen functional groups attached to an aromatic ring is 1. The van der Waals surface area contributed by atoms with E-state index in [0.29, 0.717) is 23.0 Å². The number of methoxy groups -OCH3 is 1. The summed E-state index contributed by atoms with van der Waals surface area (Å²) in [6.07, 6.45) is 0.895. The van der Waals surface area contributed by atoms with Crippen LogP contribution in [0.15, 0.2) is 48.5 Å². The Labute approximate surface area is 123 Å². The molecular formula is C17H18N2O2. The smallest absolute Gasteiger partial charge is 0.228 e. The van der Waals surface area contributed by atoms with Crippen molar-refractivity contribution in [2.45, 2.75) is 12.3 Å². The second-order valence-corrected chi connectivity index (χ2v) is 5.30. The van der Waals surface area contributed by atoms with Gasteiger partial charge in [-0.05, 0) is 30.0 Å². The number of amides is 1. The van der Waals surface area contributed by atoms with Crippen molar-refractivity contribution < 1.29 is 9.53 Å². The third-order valence-electron chi connectivity index (χ3n) is 3.87. The maximum atomic E-state index is 12.3. The van der Waals surface area contributed by atoms with Gasteiger partial charge in [-0.2, -0.15) is 0 Å². The highest BCUT2D eigenvalue weighted by Crippen LogP contribution is 2.48. The Hall–Kier alpha value is -2.49. The van der Waals surface area contributed by atoms with E-state index in [2.05, 4.69) is 17.4 Å². The molecule has 4 heteroatoms. The fourth-order valence-electron chi connectivity index (χ4n) is 2.56. The molecule has 3 rings (SSSR count). The van der Waals surface area contributed by atoms with Crippen LogP contribution in [0.4, 0.5) is 11.4 Å². The molecule has 1 amide bonds. The molecule has 2 unspecified atom stereocenters. The maximum absolute atomic E-state index is 12.3. The van der Waals surface area contributed by atoms with Crippen molar-refractivity contribution in [2.24, 2.45) is 5.92 Å². The lowest BCUT2D eigenvalue weighted by atomic mass is 10.1. The highest BCUT2D eigenvalue weighted by Gasteiger charge is 2.43. The van der Waals surface area contributed by atoms with E-state index in [-0.39, 0.29) is 11.8 Å². The van der Waals surface area contributed by atoms with Gasteiger partial charge in [0.15, 0.2) is 0 Å². The molecule has 0 heterocycles. The summed E-state index contributed by atoms with van der Waals surface area (Å²) in [5, 5.41) is 2.90. The third kappa shape index (κ3) is 2.84. The minimum Gasteiger partial charge on any atom is -0.497 e. The number of hydrogen-bond acceptors (Lipinski definition) is 3. The van der Waals surface area contributed by atoms with Crippen LogP contribution in [-0.2, 0) is 4.79 Å². The molecule has 108 valence electrons. The van der Waals surface area contributed by atoms with Crippen molar-refractivity contribution in [1.82, 2.24) is 0 Å². The van der Waals surface area contributed by atoms with Crippen LogP contribution >= 0.6 is 0 Å². The predicted molar refractivity (Wildman–Crippen MR) is 83.3 cm³/mol. The van der Waals surface area contributed by atoms with Crippen LogP contribution in [0.3, 0.4) is 0 Å². The molecule has 2 atom stereocenters. The first-order chi connectivity index (χ1) is 10.2. The van der Waals surface area contributed by atoms with Crippen molar-refractivity contribution in [3.8, 4) is 5.75 Å². The number of nitrogens with two attached hydrogens (primary N) is 1. The Morgan fingerprint density at radius 1 is 1.24 bits per heavy atom. The van der Waals surface area contributed by atoms with E-state index >= 15 is 0 Å². The Balaban J connectivity index is 1.66. The van der Waals surface area contributed by atoms with Gasteiger partial charge in [0.05, 0.1) is 18.5 Å². The number of hydrogen-bond donors (Lipinski definition) is 2. The molecule has 3 N–H and O–H groups in total. The van der Waals surface area contributed by atoms with Crippen LogP contribution in [0.1, 0.15) is 17.9 Å². The molecule has 0 aliphatic heterocycles. The summed E-state index contributed by atoms with van der Waals surface area (Å²) in [7, 11) is 1.59. The molecule has 0 aromatic heterocycles. The highest BCUT2D eigenvalue weighted by molar-refractivity contribution is 5.97. The van der Waals surface area contributed by atoms with Crippen LogP contribution < -0.4 is 15.8 Å². The van der Waals surface area contributed by atoms with Gasteiger partial charge in [0.25, 0.3) is 0 Å². The Morgan fingerprint density at radius 2 is 2.00 bits per heavy atom. The fourth-order valence-corrected chi connectivity index (χ4v) is 2.56. The fraction of sp³-hybridized carbons (Fsp3) is 0.235. The van der Waals surface area contributed by atoms with Crippen LogP contribution in [0.5, 0.6) is 5.75 Å². The molecule has 1 saturated carbocycles. The minimum atomic E-state index is 0.0284. The standard InChI is InChI=1S/C17H18N2O2/c1-21-12-7-8-16(15(18)9-12)19-17(20)14-10-13(14)11-5-3-2-4-6-11/h2-9,13-14H,10,18H2,1H3,(H,19,20). The molecule has 0 saturated heterocycles. The molecule has 1 fully saturated rings. The number of nitrogens with one attached hydrogen (secondary N) is 1. The van der Waals surface area contributed by atoms with Gasteiger partial charge in [0.1, 0.15) is 5.75 Å². The number of carbonyl (C=O) groups is 1. The van der Waals surface area contributed by atoms with Crippen molar-refractivity contribution in [2.75, 3.05) is 18.2 Å². The Morgan fingerprint density at radius 3 is 2.67 bits per heavy atom. The third-order valence-corrected chi connectivity index (χ3v) is 3.87. The van der Waals surface area contributed by atoms with Crippen LogP contribution in [0.25, 0.3) is 0 Å². The summed E-state index contributed by atoms with van der Waals surface area (Å²) in [4.78, 5) is 12.3. The summed E-state index contributed by atoms with van der Waals surface area (Å²) >= 11 is 0. The van der Waals surface area contributed by atoms with Gasteiger partial charge in [0.2, 0.25) is 5.91 Å². The normalized spacial score (nSPS) is 19.9. The Kier molecular flexibility index (Phi) is 3.52. The quantitative estimate of drug-likeness (QED) is 0.847. The van der Waals surface area contributed by atoms with Crippen LogP contribution in [-0.4, -0.2) is 13.0 Å². The van der Waals surface area contributed by atoms with Gasteiger partial charge in [-0.1, -0.05) is 30.3 Å². The van der Waals surface area contributed by atoms with Gasteiger partial charge >= 0.3 is 0 Å². The second-order valence-electron chi connectivity index (χ2n) is 5.30. The van der Waals surface area contributed by atoms with E-state index in [1.165, 1.54) is 5.56 Å². The summed E-state index contributed by atoms with van der Waals surface area (Å²) in [5.41, 5.74) is 8.29. The highest BCUT2D eigenvalue weighted by atomic mass is 16.5.